The van der Waals surface area contributed by atoms with Crippen LogP contribution in [0.5, 0.6) is 11.6 Å². The first kappa shape index (κ1) is 37.1. The molecule has 0 saturated carbocycles. The van der Waals surface area contributed by atoms with Crippen molar-refractivity contribution >= 4 is 6.09 Å². The molecule has 2 aromatic carbocycles. The van der Waals surface area contributed by atoms with Gasteiger partial charge in [0, 0.05) is 31.3 Å². The lowest BCUT2D eigenvalue weighted by molar-refractivity contribution is 0.0159. The first-order chi connectivity index (χ1) is 23.1. The van der Waals surface area contributed by atoms with Crippen molar-refractivity contribution in [1.29, 1.82) is 0 Å². The number of aromatic nitrogens is 2. The van der Waals surface area contributed by atoms with E-state index in [-0.39, 0.29) is 12.7 Å². The van der Waals surface area contributed by atoms with Gasteiger partial charge in [-0.05, 0) is 115 Å². The number of benzene rings is 2. The number of hydrogen-bond donors (Lipinski definition) is 1. The highest BCUT2D eigenvalue weighted by molar-refractivity contribution is 5.68. The van der Waals surface area contributed by atoms with Gasteiger partial charge in [0.2, 0.25) is 5.88 Å². The number of carbonyl (C=O) groups excluding carboxylic acids is 1. The summed E-state index contributed by atoms with van der Waals surface area (Å²) in [5.74, 6) is 2.42. The molecular formula is C39H56N4O5. The molecule has 9 heteroatoms. The molecule has 2 aliphatic heterocycles. The summed E-state index contributed by atoms with van der Waals surface area (Å²) in [6.45, 7) is 13.0. The van der Waals surface area contributed by atoms with Gasteiger partial charge >= 0.3 is 6.09 Å². The van der Waals surface area contributed by atoms with Crippen molar-refractivity contribution in [3.63, 3.8) is 0 Å². The van der Waals surface area contributed by atoms with E-state index in [0.717, 1.165) is 73.3 Å². The Morgan fingerprint density at radius 3 is 2.19 bits per heavy atom. The third-order valence-corrected chi connectivity index (χ3v) is 8.86. The first-order valence-electron chi connectivity index (χ1n) is 17.7. The Labute approximate surface area is 287 Å². The lowest BCUT2D eigenvalue weighted by Crippen LogP contribution is -2.42. The van der Waals surface area contributed by atoms with Crippen molar-refractivity contribution in [2.75, 3.05) is 46.4 Å². The van der Waals surface area contributed by atoms with Crippen molar-refractivity contribution in [3.8, 4) is 22.8 Å². The normalized spacial score (nSPS) is 16.2. The molecule has 0 unspecified atom stereocenters. The zero-order chi connectivity index (χ0) is 34.4. The second kappa shape index (κ2) is 18.7. The van der Waals surface area contributed by atoms with E-state index in [1.165, 1.54) is 12.8 Å². The molecule has 2 aliphatic rings. The minimum absolute atomic E-state index is 0.224. The predicted molar refractivity (Wildman–Crippen MR) is 190 cm³/mol. The average molecular weight is 661 g/mol. The van der Waals surface area contributed by atoms with Crippen LogP contribution in [0.2, 0.25) is 0 Å². The van der Waals surface area contributed by atoms with Gasteiger partial charge in [-0.3, -0.25) is 0 Å². The van der Waals surface area contributed by atoms with Gasteiger partial charge in [0.25, 0.3) is 0 Å². The molecule has 2 fully saturated rings. The smallest absolute Gasteiger partial charge is 0.410 e. The summed E-state index contributed by atoms with van der Waals surface area (Å²) in [7, 11) is 2.18. The maximum Gasteiger partial charge on any atom is 0.410 e. The van der Waals surface area contributed by atoms with Crippen LogP contribution < -0.4 is 9.47 Å². The van der Waals surface area contributed by atoms with E-state index in [2.05, 4.69) is 59.4 Å². The van der Waals surface area contributed by atoms with Crippen molar-refractivity contribution < 1.29 is 24.1 Å². The Balaban J connectivity index is 0.000000291. The number of hydrogen-bond acceptors (Lipinski definition) is 8. The van der Waals surface area contributed by atoms with Gasteiger partial charge in [-0.1, -0.05) is 55.8 Å². The fourth-order valence-corrected chi connectivity index (χ4v) is 5.78. The number of aliphatic hydroxyl groups excluding tert-OH is 1. The lowest BCUT2D eigenvalue weighted by Gasteiger charge is -2.32. The maximum absolute atomic E-state index is 11.6. The van der Waals surface area contributed by atoms with Crippen molar-refractivity contribution in [1.82, 2.24) is 20.0 Å². The number of unbranched alkanes of at least 4 members (excludes halogenated alkanes) is 1. The van der Waals surface area contributed by atoms with E-state index in [1.54, 1.807) is 4.90 Å². The zero-order valence-corrected chi connectivity index (χ0v) is 29.7. The quantitative estimate of drug-likeness (QED) is 0.227. The highest BCUT2D eigenvalue weighted by Gasteiger charge is 2.26. The number of aryl methyl sites for hydroxylation is 1. The van der Waals surface area contributed by atoms with E-state index >= 15 is 0 Å². The minimum Gasteiger partial charge on any atom is -0.489 e. The maximum atomic E-state index is 11.6. The highest BCUT2D eigenvalue weighted by atomic mass is 16.6. The number of carbonyl (C=O) groups is 1. The Morgan fingerprint density at radius 2 is 1.56 bits per heavy atom. The van der Waals surface area contributed by atoms with E-state index in [1.807, 2.05) is 51.1 Å². The van der Waals surface area contributed by atoms with Crippen molar-refractivity contribution in [3.05, 3.63) is 71.9 Å². The lowest BCUT2D eigenvalue weighted by atomic mass is 9.98. The summed E-state index contributed by atoms with van der Waals surface area (Å²) < 4.78 is 17.3. The number of rotatable bonds is 11. The van der Waals surface area contributed by atoms with Crippen LogP contribution in [0.1, 0.15) is 77.5 Å². The van der Waals surface area contributed by atoms with Crippen molar-refractivity contribution in [2.24, 2.45) is 11.8 Å². The van der Waals surface area contributed by atoms with Crippen LogP contribution in [-0.2, 0) is 17.8 Å². The van der Waals surface area contributed by atoms with Gasteiger partial charge in [-0.15, -0.1) is 5.10 Å². The molecule has 0 aliphatic carbocycles. The summed E-state index contributed by atoms with van der Waals surface area (Å²) in [6.07, 6.45) is 6.99. The average Bonchev–Trinajstić information content (AvgIpc) is 3.10. The van der Waals surface area contributed by atoms with E-state index in [0.29, 0.717) is 44.0 Å². The Bertz CT molecular complexity index is 1360. The van der Waals surface area contributed by atoms with Crippen LogP contribution in [0.4, 0.5) is 4.79 Å². The van der Waals surface area contributed by atoms with Crippen LogP contribution in [0.15, 0.2) is 60.7 Å². The summed E-state index contributed by atoms with van der Waals surface area (Å²) in [5.41, 5.74) is 3.98. The number of piperidine rings is 2. The molecule has 0 atom stereocenters. The van der Waals surface area contributed by atoms with E-state index < -0.39 is 5.60 Å². The Morgan fingerprint density at radius 1 is 0.896 bits per heavy atom. The zero-order valence-electron chi connectivity index (χ0n) is 29.7. The van der Waals surface area contributed by atoms with Crippen LogP contribution in [0.25, 0.3) is 11.1 Å². The summed E-state index contributed by atoms with van der Waals surface area (Å²) in [6, 6.07) is 20.6. The highest BCUT2D eigenvalue weighted by Crippen LogP contribution is 2.29. The fraction of sp³-hybridized carbons (Fsp3) is 0.564. The number of nitrogens with zero attached hydrogens (tertiary/aromatic N) is 4. The van der Waals surface area contributed by atoms with Gasteiger partial charge in [0.05, 0.1) is 12.3 Å². The van der Waals surface area contributed by atoms with E-state index in [4.69, 9.17) is 19.3 Å². The van der Waals surface area contributed by atoms with Crippen LogP contribution in [0, 0.1) is 11.8 Å². The number of amides is 1. The van der Waals surface area contributed by atoms with Gasteiger partial charge in [-0.2, -0.15) is 5.10 Å². The first-order valence-corrected chi connectivity index (χ1v) is 17.7. The SMILES string of the molecule is CC(C)(C)OC(=O)N1CCC(CO)CC1.CCCCc1nnc(OCC2CCN(C)CC2)cc1-c1ccc(OCc2ccccc2)cc1. The molecule has 2 saturated heterocycles. The largest absolute Gasteiger partial charge is 0.489 e. The second-order valence-corrected chi connectivity index (χ2v) is 14.1. The second-order valence-electron chi connectivity index (χ2n) is 14.1. The molecule has 0 spiro atoms. The third-order valence-electron chi connectivity index (χ3n) is 8.86. The minimum atomic E-state index is -0.426. The van der Waals surface area contributed by atoms with Gasteiger partial charge in [0.15, 0.2) is 0 Å². The van der Waals surface area contributed by atoms with Crippen LogP contribution >= 0.6 is 0 Å². The topological polar surface area (TPSA) is 97.2 Å². The van der Waals surface area contributed by atoms with Crippen LogP contribution in [0.3, 0.4) is 0 Å². The fourth-order valence-electron chi connectivity index (χ4n) is 5.78. The van der Waals surface area contributed by atoms with Crippen molar-refractivity contribution in [2.45, 2.75) is 84.8 Å². The summed E-state index contributed by atoms with van der Waals surface area (Å²) in [5, 5.41) is 17.9. The molecule has 262 valence electrons. The molecule has 1 amide bonds. The van der Waals surface area contributed by atoms with E-state index in [9.17, 15) is 4.79 Å². The summed E-state index contributed by atoms with van der Waals surface area (Å²) in [4.78, 5) is 15.7. The molecule has 1 aromatic heterocycles. The Hall–Kier alpha value is -3.69. The molecule has 48 heavy (non-hydrogen) atoms. The Kier molecular flexibility index (Phi) is 14.5. The van der Waals surface area contributed by atoms with Gasteiger partial charge in [0.1, 0.15) is 18.0 Å². The number of likely N-dealkylation sites (tertiary alicyclic amines) is 2. The third kappa shape index (κ3) is 12.4. The molecule has 5 rings (SSSR count). The van der Waals surface area contributed by atoms with Gasteiger partial charge < -0.3 is 29.1 Å². The molecule has 3 aromatic rings. The number of aliphatic hydroxyl groups is 1. The molecule has 0 bridgehead atoms. The molecular weight excluding hydrogens is 604 g/mol. The summed E-state index contributed by atoms with van der Waals surface area (Å²) >= 11 is 0. The van der Waals surface area contributed by atoms with Crippen LogP contribution in [-0.4, -0.2) is 83.2 Å². The molecule has 3 heterocycles. The van der Waals surface area contributed by atoms with Gasteiger partial charge in [-0.25, -0.2) is 4.79 Å². The standard InChI is InChI=1S/C28H35N3O2.C11H21NO3/c1-3-4-10-27-26(19-28(30-29-27)33-21-23-15-17-31(2)18-16-23)24-11-13-25(14-12-24)32-20-22-8-6-5-7-9-22;1-11(2,3)15-10(14)12-6-4-9(8-13)5-7-12/h5-9,11-14,19,23H,3-4,10,15-18,20-21H2,1-2H3;9,13H,4-8H2,1-3H3. The molecule has 0 radical (unpaired) electrons. The molecule has 9 nitrogen and oxygen atoms in total. The predicted octanol–water partition coefficient (Wildman–Crippen LogP) is 7.41. The molecule has 1 N–H and O–H groups in total. The number of ether oxygens (including phenoxy) is 3. The monoisotopic (exact) mass is 660 g/mol.